The molecule has 1 fully saturated rings. The molecule has 4 rings (SSSR count). The lowest BCUT2D eigenvalue weighted by Gasteiger charge is -2.29. The zero-order chi connectivity index (χ0) is 25.1. The molecule has 0 saturated carbocycles. The Kier molecular flexibility index (Phi) is 7.69. The highest BCUT2D eigenvalue weighted by Crippen LogP contribution is 2.31. The summed E-state index contributed by atoms with van der Waals surface area (Å²) in [5, 5.41) is 7.06. The molecule has 3 heterocycles. The average Bonchev–Trinajstić information content (AvgIpc) is 3.58. The van der Waals surface area contributed by atoms with Crippen LogP contribution in [0.3, 0.4) is 0 Å². The Morgan fingerprint density at radius 1 is 1.23 bits per heavy atom. The van der Waals surface area contributed by atoms with Crippen LogP contribution in [0.4, 0.5) is 0 Å². The van der Waals surface area contributed by atoms with Crippen molar-refractivity contribution in [3.05, 3.63) is 58.1 Å². The minimum absolute atomic E-state index is 0.0342. The summed E-state index contributed by atoms with van der Waals surface area (Å²) in [6, 6.07) is 7.74. The van der Waals surface area contributed by atoms with E-state index in [1.54, 1.807) is 16.2 Å². The monoisotopic (exact) mass is 494 g/mol. The first-order valence-corrected chi connectivity index (χ1v) is 13.2. The third-order valence-electron chi connectivity index (χ3n) is 6.77. The van der Waals surface area contributed by atoms with E-state index in [-0.39, 0.29) is 17.7 Å². The average molecular weight is 495 g/mol. The summed E-state index contributed by atoms with van der Waals surface area (Å²) in [6.45, 7) is 11.0. The Morgan fingerprint density at radius 2 is 2.03 bits per heavy atom. The Bertz CT molecular complexity index is 1200. The van der Waals surface area contributed by atoms with Crippen LogP contribution in [0.2, 0.25) is 0 Å². The molecule has 0 spiro atoms. The van der Waals surface area contributed by atoms with Gasteiger partial charge in [0, 0.05) is 19.2 Å². The van der Waals surface area contributed by atoms with Gasteiger partial charge in [-0.1, -0.05) is 38.1 Å². The van der Waals surface area contributed by atoms with Gasteiger partial charge in [-0.25, -0.2) is 4.98 Å². The van der Waals surface area contributed by atoms with Crippen LogP contribution in [0.15, 0.2) is 34.3 Å². The number of benzene rings is 1. The quantitative estimate of drug-likeness (QED) is 0.475. The largest absolute Gasteiger partial charge is 0.360 e. The van der Waals surface area contributed by atoms with E-state index in [2.05, 4.69) is 40.6 Å². The molecule has 3 aromatic rings. The Labute approximate surface area is 210 Å². The summed E-state index contributed by atoms with van der Waals surface area (Å²) < 4.78 is 5.44. The highest BCUT2D eigenvalue weighted by atomic mass is 32.1. The van der Waals surface area contributed by atoms with E-state index in [9.17, 15) is 9.59 Å². The van der Waals surface area contributed by atoms with Crippen LogP contribution in [0, 0.1) is 19.8 Å². The molecule has 2 atom stereocenters. The summed E-state index contributed by atoms with van der Waals surface area (Å²) in [7, 11) is 0. The van der Waals surface area contributed by atoms with Crippen molar-refractivity contribution < 1.29 is 14.1 Å². The molecule has 0 bridgehead atoms. The summed E-state index contributed by atoms with van der Waals surface area (Å²) in [5.41, 5.74) is 7.11. The highest BCUT2D eigenvalue weighted by molar-refractivity contribution is 7.13. The number of carbonyl (C=O) groups excluding carboxylic acids is 2. The molecule has 186 valence electrons. The summed E-state index contributed by atoms with van der Waals surface area (Å²) in [6.07, 6.45) is 2.35. The van der Waals surface area contributed by atoms with Crippen LogP contribution in [-0.2, 0) is 22.6 Å². The predicted molar refractivity (Wildman–Crippen MR) is 137 cm³/mol. The molecule has 1 aromatic carbocycles. The van der Waals surface area contributed by atoms with Crippen LogP contribution in [0.5, 0.6) is 0 Å². The van der Waals surface area contributed by atoms with Gasteiger partial charge in [-0.05, 0) is 61.8 Å². The molecule has 2 unspecified atom stereocenters. The van der Waals surface area contributed by atoms with E-state index in [1.807, 2.05) is 39.3 Å². The van der Waals surface area contributed by atoms with Crippen molar-refractivity contribution in [2.45, 2.75) is 72.4 Å². The maximum absolute atomic E-state index is 13.5. The molecule has 7 nitrogen and oxygen atoms in total. The molecular formula is C27H34N4O3S. The fraction of sp³-hybridized carbons (Fsp3) is 0.481. The number of aromatic nitrogens is 2. The lowest BCUT2D eigenvalue weighted by atomic mass is 9.91. The highest BCUT2D eigenvalue weighted by Gasteiger charge is 2.40. The number of rotatable bonds is 8. The van der Waals surface area contributed by atoms with Crippen molar-refractivity contribution in [1.82, 2.24) is 20.4 Å². The topological polar surface area (TPSA) is 88.3 Å². The van der Waals surface area contributed by atoms with Gasteiger partial charge < -0.3 is 14.7 Å². The molecule has 1 N–H and O–H groups in total. The molecule has 1 aliphatic heterocycles. The van der Waals surface area contributed by atoms with Crippen molar-refractivity contribution in [2.24, 2.45) is 5.92 Å². The second kappa shape index (κ2) is 10.7. The minimum Gasteiger partial charge on any atom is -0.360 e. The van der Waals surface area contributed by atoms with Crippen molar-refractivity contribution in [2.75, 3.05) is 6.54 Å². The number of hydrogen-bond donors (Lipinski definition) is 1. The standard InChI is InChI=1S/C27H34N4O3S/c1-6-19-13-20(25-18(5)29-15-35-25)9-10-21(19)14-28-26(32)22-8-7-11-31(22)27(33)24(16(2)3)23-12-17(4)30-34-23/h9-10,12-13,15-16,22,24H,6-8,11,14H2,1-5H3,(H,28,32). The summed E-state index contributed by atoms with van der Waals surface area (Å²) in [5.74, 6) is -0.00714. The van der Waals surface area contributed by atoms with Crippen LogP contribution in [-0.4, -0.2) is 39.4 Å². The number of carbonyl (C=O) groups is 2. The van der Waals surface area contributed by atoms with Gasteiger partial charge >= 0.3 is 0 Å². The van der Waals surface area contributed by atoms with Crippen LogP contribution in [0.1, 0.15) is 67.8 Å². The van der Waals surface area contributed by atoms with Gasteiger partial charge in [0.2, 0.25) is 11.8 Å². The van der Waals surface area contributed by atoms with Crippen molar-refractivity contribution in [1.29, 1.82) is 0 Å². The second-order valence-electron chi connectivity index (χ2n) is 9.60. The first-order valence-electron chi connectivity index (χ1n) is 12.3. The first kappa shape index (κ1) is 25.1. The van der Waals surface area contributed by atoms with E-state index in [1.165, 1.54) is 10.4 Å². The number of amides is 2. The predicted octanol–water partition coefficient (Wildman–Crippen LogP) is 5.02. The zero-order valence-electron chi connectivity index (χ0n) is 21.1. The van der Waals surface area contributed by atoms with Gasteiger partial charge in [0.15, 0.2) is 0 Å². The molecule has 1 saturated heterocycles. The van der Waals surface area contributed by atoms with E-state index in [4.69, 9.17) is 4.52 Å². The maximum atomic E-state index is 13.5. The van der Waals surface area contributed by atoms with Crippen LogP contribution in [0.25, 0.3) is 10.4 Å². The second-order valence-corrected chi connectivity index (χ2v) is 10.5. The number of likely N-dealkylation sites (tertiary alicyclic amines) is 1. The normalized spacial score (nSPS) is 16.6. The van der Waals surface area contributed by atoms with E-state index in [0.717, 1.165) is 35.4 Å². The molecule has 0 aliphatic carbocycles. The summed E-state index contributed by atoms with van der Waals surface area (Å²) in [4.78, 5) is 34.0. The molecule has 2 aromatic heterocycles. The number of nitrogens with one attached hydrogen (secondary N) is 1. The zero-order valence-corrected chi connectivity index (χ0v) is 21.9. The number of aryl methyl sites for hydroxylation is 3. The van der Waals surface area contributed by atoms with Gasteiger partial charge in [-0.2, -0.15) is 0 Å². The van der Waals surface area contributed by atoms with Crippen molar-refractivity contribution in [3.8, 4) is 10.4 Å². The van der Waals surface area contributed by atoms with E-state index < -0.39 is 12.0 Å². The minimum atomic E-state index is -0.461. The van der Waals surface area contributed by atoms with Gasteiger partial charge in [0.05, 0.1) is 21.8 Å². The van der Waals surface area contributed by atoms with Crippen LogP contribution >= 0.6 is 11.3 Å². The molecule has 35 heavy (non-hydrogen) atoms. The van der Waals surface area contributed by atoms with Gasteiger partial charge in [0.25, 0.3) is 0 Å². The Hall–Kier alpha value is -3.00. The lowest BCUT2D eigenvalue weighted by molar-refractivity contribution is -0.140. The molecule has 1 aliphatic rings. The number of thiazole rings is 1. The third-order valence-corrected chi connectivity index (χ3v) is 7.75. The number of hydrogen-bond acceptors (Lipinski definition) is 6. The maximum Gasteiger partial charge on any atom is 0.243 e. The third kappa shape index (κ3) is 5.32. The van der Waals surface area contributed by atoms with E-state index in [0.29, 0.717) is 25.3 Å². The SMILES string of the molecule is CCc1cc(-c2scnc2C)ccc1CNC(=O)C1CCCN1C(=O)C(c1cc(C)no1)C(C)C. The smallest absolute Gasteiger partial charge is 0.243 e. The fourth-order valence-corrected chi connectivity index (χ4v) is 5.70. The van der Waals surface area contributed by atoms with Gasteiger partial charge in [0.1, 0.15) is 17.7 Å². The molecule has 2 amide bonds. The molecular weight excluding hydrogens is 460 g/mol. The molecule has 8 heteroatoms. The van der Waals surface area contributed by atoms with Crippen molar-refractivity contribution in [3.63, 3.8) is 0 Å². The Morgan fingerprint density at radius 3 is 2.66 bits per heavy atom. The fourth-order valence-electron chi connectivity index (χ4n) is 4.89. The summed E-state index contributed by atoms with van der Waals surface area (Å²) >= 11 is 1.64. The molecule has 0 radical (unpaired) electrons. The van der Waals surface area contributed by atoms with Crippen LogP contribution < -0.4 is 5.32 Å². The van der Waals surface area contributed by atoms with Crippen molar-refractivity contribution >= 4 is 23.2 Å². The Balaban J connectivity index is 1.46. The lowest BCUT2D eigenvalue weighted by Crippen LogP contribution is -2.47. The van der Waals surface area contributed by atoms with Gasteiger partial charge in [-0.3, -0.25) is 9.59 Å². The number of nitrogens with zero attached hydrogens (tertiary/aromatic N) is 3. The van der Waals surface area contributed by atoms with E-state index >= 15 is 0 Å². The first-order chi connectivity index (χ1) is 16.8. The van der Waals surface area contributed by atoms with Gasteiger partial charge in [-0.15, -0.1) is 11.3 Å².